The van der Waals surface area contributed by atoms with Crippen LogP contribution in [0.5, 0.6) is 0 Å². The quantitative estimate of drug-likeness (QED) is 0.418. The van der Waals surface area contributed by atoms with Gasteiger partial charge in [-0.25, -0.2) is 0 Å². The lowest BCUT2D eigenvalue weighted by Crippen LogP contribution is -2.52. The highest BCUT2D eigenvalue weighted by atomic mass is 14.6. The molecular weight excluding hydrogens is 420 g/mol. The summed E-state index contributed by atoms with van der Waals surface area (Å²) in [4.78, 5) is 0. The van der Waals surface area contributed by atoms with Gasteiger partial charge in [0.15, 0.2) is 0 Å². The molecule has 3 atom stereocenters. The van der Waals surface area contributed by atoms with Gasteiger partial charge >= 0.3 is 0 Å². The molecule has 0 aromatic heterocycles. The summed E-state index contributed by atoms with van der Waals surface area (Å²) < 4.78 is 0. The Balaban J connectivity index is 1.78. The van der Waals surface area contributed by atoms with Gasteiger partial charge in [0, 0.05) is 5.41 Å². The van der Waals surface area contributed by atoms with Crippen LogP contribution < -0.4 is 0 Å². The van der Waals surface area contributed by atoms with Crippen LogP contribution in [0.2, 0.25) is 0 Å². The molecule has 0 heterocycles. The first-order valence-corrected chi connectivity index (χ1v) is 13.0. The molecule has 0 saturated heterocycles. The number of hydrogen-bond donors (Lipinski definition) is 0. The minimum atomic E-state index is -0.110. The van der Waals surface area contributed by atoms with Crippen LogP contribution in [0.3, 0.4) is 0 Å². The topological polar surface area (TPSA) is 0 Å². The van der Waals surface area contributed by atoms with Crippen molar-refractivity contribution in [3.05, 3.63) is 112 Å². The van der Waals surface area contributed by atoms with Gasteiger partial charge in [-0.15, -0.1) is 0 Å². The second-order valence-corrected chi connectivity index (χ2v) is 12.3. The van der Waals surface area contributed by atoms with Gasteiger partial charge in [0.1, 0.15) is 0 Å². The molecule has 0 N–H and O–H groups in total. The van der Waals surface area contributed by atoms with Crippen molar-refractivity contribution in [2.75, 3.05) is 0 Å². The SMILES string of the molecule is C=C(C)C1=C(C)C[C@@]2(C)C[C@@]3(C)Cc4c(-c5ccccc5)ccc(C)c4C(=C)C3=C(C)[C@@]2(C)C1=C. The molecule has 0 fully saturated rings. The molecule has 3 aliphatic rings. The summed E-state index contributed by atoms with van der Waals surface area (Å²) in [6, 6.07) is 15.5. The standard InChI is InChI=1S/C35H40/c1-21(2)30-23(4)18-34(9)20-33(8)19-29-28(27-14-12-11-13-15-27)17-16-22(3)31(29)24(5)32(33)26(7)35(34,10)25(30)6/h11-17H,1,5-6,18-20H2,2-4,7-10H3/t33-,34+,35-/m1/s1. The molecule has 180 valence electrons. The van der Waals surface area contributed by atoms with Gasteiger partial charge in [-0.1, -0.05) is 99.7 Å². The normalized spacial score (nSPS) is 30.1. The fraction of sp³-hybridized carbons (Fsp3) is 0.371. The Labute approximate surface area is 212 Å². The molecule has 5 rings (SSSR count). The number of aryl methyl sites for hydroxylation is 1. The summed E-state index contributed by atoms with van der Waals surface area (Å²) in [5, 5.41) is 0. The van der Waals surface area contributed by atoms with Gasteiger partial charge in [-0.3, -0.25) is 0 Å². The summed E-state index contributed by atoms with van der Waals surface area (Å²) in [7, 11) is 0. The zero-order valence-corrected chi connectivity index (χ0v) is 22.8. The molecule has 0 spiro atoms. The van der Waals surface area contributed by atoms with Crippen LogP contribution in [-0.2, 0) is 6.42 Å². The maximum absolute atomic E-state index is 4.80. The number of benzene rings is 2. The van der Waals surface area contributed by atoms with Gasteiger partial charge < -0.3 is 0 Å². The number of hydrogen-bond acceptors (Lipinski definition) is 0. The third-order valence-electron chi connectivity index (χ3n) is 9.91. The van der Waals surface area contributed by atoms with Gasteiger partial charge in [0.2, 0.25) is 0 Å². The Kier molecular flexibility index (Phi) is 5.16. The first kappa shape index (κ1) is 23.9. The first-order valence-electron chi connectivity index (χ1n) is 13.0. The van der Waals surface area contributed by atoms with E-state index in [2.05, 4.69) is 97.5 Å². The minimum Gasteiger partial charge on any atom is -0.0955 e. The molecule has 0 amide bonds. The summed E-state index contributed by atoms with van der Waals surface area (Å²) in [6.45, 7) is 30.4. The van der Waals surface area contributed by atoms with Crippen molar-refractivity contribution in [1.29, 1.82) is 0 Å². The minimum absolute atomic E-state index is 0.0427. The molecule has 2 aromatic rings. The monoisotopic (exact) mass is 460 g/mol. The van der Waals surface area contributed by atoms with Crippen molar-refractivity contribution in [2.24, 2.45) is 16.2 Å². The van der Waals surface area contributed by atoms with Crippen molar-refractivity contribution in [1.82, 2.24) is 0 Å². The van der Waals surface area contributed by atoms with Crippen LogP contribution in [0, 0.1) is 23.2 Å². The predicted octanol–water partition coefficient (Wildman–Crippen LogP) is 9.82. The van der Waals surface area contributed by atoms with Crippen LogP contribution in [0.25, 0.3) is 16.7 Å². The second-order valence-electron chi connectivity index (χ2n) is 12.3. The average Bonchev–Trinajstić information content (AvgIpc) is 2.76. The van der Waals surface area contributed by atoms with E-state index in [-0.39, 0.29) is 16.2 Å². The Bertz CT molecular complexity index is 1370. The zero-order chi connectivity index (χ0) is 25.5. The maximum atomic E-state index is 4.80. The summed E-state index contributed by atoms with van der Waals surface area (Å²) in [6.07, 6.45) is 3.27. The van der Waals surface area contributed by atoms with E-state index >= 15 is 0 Å². The molecule has 0 unspecified atom stereocenters. The Morgan fingerprint density at radius 3 is 2.17 bits per heavy atom. The number of fused-ring (bicyclic) bond motifs is 3. The van der Waals surface area contributed by atoms with Crippen molar-refractivity contribution in [2.45, 2.75) is 67.7 Å². The summed E-state index contributed by atoms with van der Waals surface area (Å²) in [5.41, 5.74) is 16.1. The molecule has 0 radical (unpaired) electrons. The smallest absolute Gasteiger partial charge is 0.0194 e. The number of allylic oxidation sites excluding steroid dienone is 7. The van der Waals surface area contributed by atoms with Gasteiger partial charge in [0.25, 0.3) is 0 Å². The summed E-state index contributed by atoms with van der Waals surface area (Å²) >= 11 is 0. The van der Waals surface area contributed by atoms with Crippen molar-refractivity contribution < 1.29 is 0 Å². The lowest BCUT2D eigenvalue weighted by Gasteiger charge is -2.62. The van der Waals surface area contributed by atoms with E-state index in [9.17, 15) is 0 Å². The zero-order valence-electron chi connectivity index (χ0n) is 22.8. The second kappa shape index (κ2) is 7.57. The van der Waals surface area contributed by atoms with E-state index in [1.165, 1.54) is 61.3 Å². The molecule has 0 saturated carbocycles. The molecule has 0 heteroatoms. The number of rotatable bonds is 2. The van der Waals surface area contributed by atoms with Gasteiger partial charge in [-0.2, -0.15) is 0 Å². The van der Waals surface area contributed by atoms with Crippen LogP contribution in [0.15, 0.2) is 95.6 Å². The van der Waals surface area contributed by atoms with E-state index in [1.807, 2.05) is 0 Å². The van der Waals surface area contributed by atoms with E-state index in [0.29, 0.717) is 0 Å². The maximum Gasteiger partial charge on any atom is 0.0194 e. The lowest BCUT2D eigenvalue weighted by molar-refractivity contribution is 0.0544. The van der Waals surface area contributed by atoms with E-state index in [0.717, 1.165) is 24.8 Å². The fourth-order valence-electron chi connectivity index (χ4n) is 8.43. The Morgan fingerprint density at radius 1 is 0.886 bits per heavy atom. The largest absolute Gasteiger partial charge is 0.0955 e. The van der Waals surface area contributed by atoms with Gasteiger partial charge in [0.05, 0.1) is 0 Å². The van der Waals surface area contributed by atoms with E-state index in [4.69, 9.17) is 13.2 Å². The highest BCUT2D eigenvalue weighted by Crippen LogP contribution is 2.70. The third-order valence-corrected chi connectivity index (χ3v) is 9.91. The summed E-state index contributed by atoms with van der Waals surface area (Å²) in [5.74, 6) is 0. The van der Waals surface area contributed by atoms with Crippen LogP contribution >= 0.6 is 0 Å². The molecule has 2 aromatic carbocycles. The predicted molar refractivity (Wildman–Crippen MR) is 152 cm³/mol. The molecule has 3 aliphatic carbocycles. The van der Waals surface area contributed by atoms with Crippen molar-refractivity contribution in [3.63, 3.8) is 0 Å². The first-order chi connectivity index (χ1) is 16.4. The van der Waals surface area contributed by atoms with E-state index < -0.39 is 0 Å². The van der Waals surface area contributed by atoms with E-state index in [1.54, 1.807) is 0 Å². The van der Waals surface area contributed by atoms with Gasteiger partial charge in [-0.05, 0) is 108 Å². The highest BCUT2D eigenvalue weighted by molar-refractivity contribution is 5.90. The van der Waals surface area contributed by atoms with Crippen LogP contribution in [-0.4, -0.2) is 0 Å². The molecule has 0 aliphatic heterocycles. The third kappa shape index (κ3) is 3.05. The van der Waals surface area contributed by atoms with Crippen molar-refractivity contribution in [3.8, 4) is 11.1 Å². The fourth-order valence-corrected chi connectivity index (χ4v) is 8.43. The molecular formula is C35H40. The van der Waals surface area contributed by atoms with Crippen LogP contribution in [0.4, 0.5) is 0 Å². The molecule has 0 nitrogen and oxygen atoms in total. The van der Waals surface area contributed by atoms with Crippen LogP contribution in [0.1, 0.15) is 71.1 Å². The highest BCUT2D eigenvalue weighted by Gasteiger charge is 2.59. The molecule has 0 bridgehead atoms. The van der Waals surface area contributed by atoms with Crippen molar-refractivity contribution >= 4 is 5.57 Å². The molecule has 35 heavy (non-hydrogen) atoms. The Morgan fingerprint density at radius 2 is 1.54 bits per heavy atom. The average molecular weight is 461 g/mol. The lowest BCUT2D eigenvalue weighted by atomic mass is 9.41. The Hall–Kier alpha value is -2.86.